The Morgan fingerprint density at radius 3 is 2.62 bits per heavy atom. The van der Waals surface area contributed by atoms with Gasteiger partial charge in [-0.2, -0.15) is 0 Å². The second-order valence-electron chi connectivity index (χ2n) is 7.85. The van der Waals surface area contributed by atoms with Gasteiger partial charge in [-0.05, 0) is 49.7 Å². The van der Waals surface area contributed by atoms with E-state index in [4.69, 9.17) is 0 Å². The van der Waals surface area contributed by atoms with E-state index in [2.05, 4.69) is 4.98 Å². The Morgan fingerprint density at radius 1 is 1.23 bits per heavy atom. The lowest BCUT2D eigenvalue weighted by Crippen LogP contribution is -2.36. The third kappa shape index (κ3) is 3.12. The highest BCUT2D eigenvalue weighted by Gasteiger charge is 2.42. The Kier molecular flexibility index (Phi) is 4.71. The van der Waals surface area contributed by atoms with E-state index in [0.29, 0.717) is 36.7 Å². The van der Waals surface area contributed by atoms with Crippen LogP contribution >= 0.6 is 0 Å². The molecule has 2 aliphatic rings. The number of aromatic nitrogens is 2. The van der Waals surface area contributed by atoms with Gasteiger partial charge < -0.3 is 19.7 Å². The lowest BCUT2D eigenvalue weighted by molar-refractivity contribution is -0.132. The molecule has 1 amide bonds. The third-order valence-corrected chi connectivity index (χ3v) is 6.33. The minimum absolute atomic E-state index is 0.132. The summed E-state index contributed by atoms with van der Waals surface area (Å²) in [7, 11) is 1.91. The molecule has 2 aliphatic carbocycles. The zero-order valence-corrected chi connectivity index (χ0v) is 15.2. The third-order valence-electron chi connectivity index (χ3n) is 6.33. The molecule has 2 unspecified atom stereocenters. The van der Waals surface area contributed by atoms with Gasteiger partial charge in [0.25, 0.3) is 0 Å². The molecule has 6 nitrogen and oxygen atoms in total. The number of nitrogens with zero attached hydrogens (tertiary/aromatic N) is 3. The Morgan fingerprint density at radius 2 is 1.92 bits per heavy atom. The van der Waals surface area contributed by atoms with Gasteiger partial charge in [-0.1, -0.05) is 12.1 Å². The normalized spacial score (nSPS) is 27.8. The van der Waals surface area contributed by atoms with Crippen LogP contribution in [0.15, 0.2) is 24.3 Å². The lowest BCUT2D eigenvalue weighted by atomic mass is 10.0. The number of imidazole rings is 1. The van der Waals surface area contributed by atoms with Gasteiger partial charge in [0.1, 0.15) is 12.4 Å². The molecule has 26 heavy (non-hydrogen) atoms. The molecular weight excluding hydrogens is 330 g/mol. The number of aliphatic hydroxyl groups is 2. The highest BCUT2D eigenvalue weighted by Crippen LogP contribution is 2.45. The number of amides is 1. The summed E-state index contributed by atoms with van der Waals surface area (Å²) in [5.41, 5.74) is 1.80. The Balaban J connectivity index is 1.40. The molecule has 0 saturated heterocycles. The van der Waals surface area contributed by atoms with Crippen LogP contribution in [0.2, 0.25) is 0 Å². The second-order valence-corrected chi connectivity index (χ2v) is 7.85. The first-order valence-corrected chi connectivity index (χ1v) is 9.55. The van der Waals surface area contributed by atoms with E-state index < -0.39 is 0 Å². The largest absolute Gasteiger partial charge is 0.393 e. The summed E-state index contributed by atoms with van der Waals surface area (Å²) in [5.74, 6) is 1.89. The van der Waals surface area contributed by atoms with E-state index in [1.807, 2.05) is 40.8 Å². The van der Waals surface area contributed by atoms with Crippen molar-refractivity contribution in [3.63, 3.8) is 0 Å². The second kappa shape index (κ2) is 7.00. The van der Waals surface area contributed by atoms with Gasteiger partial charge in [0.15, 0.2) is 0 Å². The van der Waals surface area contributed by atoms with E-state index in [-0.39, 0.29) is 18.6 Å². The van der Waals surface area contributed by atoms with Crippen molar-refractivity contribution < 1.29 is 15.0 Å². The van der Waals surface area contributed by atoms with Gasteiger partial charge in [-0.15, -0.1) is 0 Å². The summed E-state index contributed by atoms with van der Waals surface area (Å²) in [5, 5.41) is 19.4. The molecule has 2 fully saturated rings. The van der Waals surface area contributed by atoms with Crippen molar-refractivity contribution in [3.8, 4) is 0 Å². The molecular formula is C20H27N3O3. The average molecular weight is 357 g/mol. The molecule has 2 aromatic rings. The monoisotopic (exact) mass is 357 g/mol. The van der Waals surface area contributed by atoms with Crippen molar-refractivity contribution in [2.45, 2.75) is 57.4 Å². The first kappa shape index (κ1) is 17.5. The van der Waals surface area contributed by atoms with Crippen molar-refractivity contribution in [1.29, 1.82) is 0 Å². The van der Waals surface area contributed by atoms with Crippen molar-refractivity contribution in [2.75, 3.05) is 7.05 Å². The number of aryl methyl sites for hydroxylation is 1. The molecule has 2 N–H and O–H groups in total. The fraction of sp³-hybridized carbons (Fsp3) is 0.600. The molecule has 140 valence electrons. The van der Waals surface area contributed by atoms with Crippen LogP contribution in [0.25, 0.3) is 11.0 Å². The lowest BCUT2D eigenvalue weighted by Gasteiger charge is -2.26. The van der Waals surface area contributed by atoms with Gasteiger partial charge in [-0.3, -0.25) is 4.79 Å². The summed E-state index contributed by atoms with van der Waals surface area (Å²) in [6.45, 7) is 0.394. The predicted molar refractivity (Wildman–Crippen MR) is 98.3 cm³/mol. The molecule has 0 radical (unpaired) electrons. The highest BCUT2D eigenvalue weighted by molar-refractivity contribution is 5.78. The minimum Gasteiger partial charge on any atom is -0.393 e. The molecule has 1 aromatic carbocycles. The zero-order chi connectivity index (χ0) is 18.3. The number of aliphatic hydroxyl groups excluding tert-OH is 2. The highest BCUT2D eigenvalue weighted by atomic mass is 16.3. The fourth-order valence-corrected chi connectivity index (χ4v) is 4.95. The van der Waals surface area contributed by atoms with Crippen LogP contribution in [0.1, 0.15) is 37.9 Å². The molecule has 1 aromatic heterocycles. The number of fused-ring (bicyclic) bond motifs is 2. The topological polar surface area (TPSA) is 78.6 Å². The van der Waals surface area contributed by atoms with Crippen molar-refractivity contribution in [2.24, 2.45) is 11.8 Å². The van der Waals surface area contributed by atoms with Crippen LogP contribution in [-0.4, -0.2) is 49.8 Å². The summed E-state index contributed by atoms with van der Waals surface area (Å²) in [6.07, 6.45) is 4.07. The summed E-state index contributed by atoms with van der Waals surface area (Å²) in [6, 6.07) is 8.06. The molecule has 4 atom stereocenters. The van der Waals surface area contributed by atoms with Gasteiger partial charge in [0.2, 0.25) is 5.91 Å². The van der Waals surface area contributed by atoms with Crippen LogP contribution in [0, 0.1) is 11.8 Å². The number of para-hydroxylation sites is 2. The molecule has 1 heterocycles. The molecule has 0 bridgehead atoms. The SMILES string of the molecule is CN(C(=O)CCn1c(CO)nc2ccccc21)C1C[C@H]2CC(O)C[C@H]2C1. The maximum atomic E-state index is 12.7. The Bertz CT molecular complexity index is 789. The quantitative estimate of drug-likeness (QED) is 0.857. The van der Waals surface area contributed by atoms with Crippen molar-refractivity contribution in [1.82, 2.24) is 14.5 Å². The van der Waals surface area contributed by atoms with Gasteiger partial charge >= 0.3 is 0 Å². The maximum Gasteiger partial charge on any atom is 0.224 e. The molecule has 6 heteroatoms. The Labute approximate surface area is 153 Å². The number of hydrogen-bond donors (Lipinski definition) is 2. The van der Waals surface area contributed by atoms with Gasteiger partial charge in [0, 0.05) is 26.1 Å². The molecule has 0 spiro atoms. The van der Waals surface area contributed by atoms with Gasteiger partial charge in [0.05, 0.1) is 17.1 Å². The van der Waals surface area contributed by atoms with Crippen molar-refractivity contribution >= 4 is 16.9 Å². The number of rotatable bonds is 5. The standard InChI is InChI=1S/C20H27N3O3/c1-22(15-8-13-10-16(25)11-14(13)9-15)20(26)6-7-23-18-5-3-2-4-17(18)21-19(23)12-24/h2-5,13-16,24-25H,6-12H2,1H3/t13-,14+,15?,16?. The molecule has 0 aliphatic heterocycles. The molecule has 2 saturated carbocycles. The fourth-order valence-electron chi connectivity index (χ4n) is 4.95. The van der Waals surface area contributed by atoms with Gasteiger partial charge in [-0.25, -0.2) is 4.98 Å². The van der Waals surface area contributed by atoms with Crippen molar-refractivity contribution in [3.05, 3.63) is 30.1 Å². The first-order valence-electron chi connectivity index (χ1n) is 9.55. The molecule has 4 rings (SSSR count). The number of benzene rings is 1. The van der Waals surface area contributed by atoms with E-state index in [1.165, 1.54) is 0 Å². The number of carbonyl (C=O) groups excluding carboxylic acids is 1. The summed E-state index contributed by atoms with van der Waals surface area (Å²) >= 11 is 0. The van der Waals surface area contributed by atoms with E-state index >= 15 is 0 Å². The Hall–Kier alpha value is -1.92. The smallest absolute Gasteiger partial charge is 0.224 e. The van der Waals surface area contributed by atoms with Crippen LogP contribution in [0.3, 0.4) is 0 Å². The van der Waals surface area contributed by atoms with E-state index in [9.17, 15) is 15.0 Å². The minimum atomic E-state index is -0.140. The number of hydrogen-bond acceptors (Lipinski definition) is 4. The summed E-state index contributed by atoms with van der Waals surface area (Å²) in [4.78, 5) is 19.1. The summed E-state index contributed by atoms with van der Waals surface area (Å²) < 4.78 is 1.95. The van der Waals surface area contributed by atoms with E-state index in [1.54, 1.807) is 0 Å². The zero-order valence-electron chi connectivity index (χ0n) is 15.2. The van der Waals surface area contributed by atoms with Crippen LogP contribution < -0.4 is 0 Å². The van der Waals surface area contributed by atoms with Crippen LogP contribution in [0.5, 0.6) is 0 Å². The average Bonchev–Trinajstić information content (AvgIpc) is 3.29. The maximum absolute atomic E-state index is 12.7. The number of carbonyl (C=O) groups is 1. The predicted octanol–water partition coefficient (Wildman–Crippen LogP) is 1.93. The van der Waals surface area contributed by atoms with E-state index in [0.717, 1.165) is 36.7 Å². The van der Waals surface area contributed by atoms with Crippen LogP contribution in [-0.2, 0) is 17.9 Å². The first-order chi connectivity index (χ1) is 12.6. The van der Waals surface area contributed by atoms with Crippen LogP contribution in [0.4, 0.5) is 0 Å².